The minimum absolute atomic E-state index is 0.0502. The number of aryl methyl sites for hydroxylation is 1. The van der Waals surface area contributed by atoms with Crippen LogP contribution >= 0.6 is 11.3 Å². The molecule has 5 heteroatoms. The van der Waals surface area contributed by atoms with Crippen molar-refractivity contribution < 1.29 is 0 Å². The second kappa shape index (κ2) is 6.14. The van der Waals surface area contributed by atoms with Crippen molar-refractivity contribution in [3.05, 3.63) is 89.0 Å². The Labute approximate surface area is 159 Å². The Hall–Kier alpha value is -3.31. The second-order valence-electron chi connectivity index (χ2n) is 6.35. The van der Waals surface area contributed by atoms with Gasteiger partial charge < -0.3 is 0 Å². The molecule has 0 radical (unpaired) electrons. The van der Waals surface area contributed by atoms with E-state index < -0.39 is 0 Å². The highest BCUT2D eigenvalue weighted by Gasteiger charge is 2.11. The molecule has 0 amide bonds. The molecule has 0 atom stereocenters. The molecule has 2 heterocycles. The minimum Gasteiger partial charge on any atom is -0.268 e. The van der Waals surface area contributed by atoms with Gasteiger partial charge in [0.25, 0.3) is 5.56 Å². The molecule has 5 aromatic rings. The predicted molar refractivity (Wildman–Crippen MR) is 111 cm³/mol. The maximum Gasteiger partial charge on any atom is 0.265 e. The standard InChI is InChI=1S/C22H15N3OS/c1-14-23-18-7-3-2-6-17(18)22(26)25(14)16-12-10-15(11-13-16)21-24-19-8-4-5-9-20(19)27-21/h2-13H,1H3. The van der Waals surface area contributed by atoms with Gasteiger partial charge in [0.05, 0.1) is 26.8 Å². The molecule has 0 aliphatic rings. The van der Waals surface area contributed by atoms with Gasteiger partial charge in [-0.05, 0) is 55.5 Å². The van der Waals surface area contributed by atoms with Gasteiger partial charge in [-0.3, -0.25) is 9.36 Å². The fraction of sp³-hybridized carbons (Fsp3) is 0.0455. The summed E-state index contributed by atoms with van der Waals surface area (Å²) in [5.74, 6) is 0.673. The maximum absolute atomic E-state index is 12.9. The second-order valence-corrected chi connectivity index (χ2v) is 7.38. The van der Waals surface area contributed by atoms with E-state index in [1.54, 1.807) is 15.9 Å². The summed E-state index contributed by atoms with van der Waals surface area (Å²) in [6.45, 7) is 1.86. The van der Waals surface area contributed by atoms with Crippen LogP contribution in [-0.4, -0.2) is 14.5 Å². The van der Waals surface area contributed by atoms with E-state index in [1.807, 2.05) is 73.7 Å². The quantitative estimate of drug-likeness (QED) is 0.441. The van der Waals surface area contributed by atoms with E-state index in [2.05, 4.69) is 11.1 Å². The molecule has 0 N–H and O–H groups in total. The number of hydrogen-bond donors (Lipinski definition) is 0. The van der Waals surface area contributed by atoms with Crippen LogP contribution in [0, 0.1) is 6.92 Å². The number of nitrogens with zero attached hydrogens (tertiary/aromatic N) is 3. The van der Waals surface area contributed by atoms with Crippen molar-refractivity contribution in [3.63, 3.8) is 0 Å². The van der Waals surface area contributed by atoms with Gasteiger partial charge in [0, 0.05) is 5.56 Å². The van der Waals surface area contributed by atoms with Gasteiger partial charge >= 0.3 is 0 Å². The van der Waals surface area contributed by atoms with Gasteiger partial charge in [0.2, 0.25) is 0 Å². The van der Waals surface area contributed by atoms with Crippen molar-refractivity contribution in [1.29, 1.82) is 0 Å². The fourth-order valence-corrected chi connectivity index (χ4v) is 4.27. The predicted octanol–water partition coefficient (Wildman–Crippen LogP) is 4.97. The largest absolute Gasteiger partial charge is 0.268 e. The number of fused-ring (bicyclic) bond motifs is 2. The Balaban J connectivity index is 1.61. The van der Waals surface area contributed by atoms with E-state index in [9.17, 15) is 4.79 Å². The first-order valence-electron chi connectivity index (χ1n) is 8.65. The summed E-state index contributed by atoms with van der Waals surface area (Å²) in [4.78, 5) is 22.2. The van der Waals surface area contributed by atoms with E-state index >= 15 is 0 Å². The lowest BCUT2D eigenvalue weighted by atomic mass is 10.2. The first-order chi connectivity index (χ1) is 13.2. The Kier molecular flexibility index (Phi) is 3.62. The van der Waals surface area contributed by atoms with Crippen LogP contribution in [0.4, 0.5) is 0 Å². The molecule has 0 saturated carbocycles. The summed E-state index contributed by atoms with van der Waals surface area (Å²) >= 11 is 1.67. The number of aromatic nitrogens is 3. The Bertz CT molecular complexity index is 1320. The number of thiazole rings is 1. The zero-order chi connectivity index (χ0) is 18.4. The SMILES string of the molecule is Cc1nc2ccccc2c(=O)n1-c1ccc(-c2nc3ccccc3s2)cc1. The highest BCUT2D eigenvalue weighted by molar-refractivity contribution is 7.21. The molecule has 0 saturated heterocycles. The van der Waals surface area contributed by atoms with Gasteiger partial charge in [0.1, 0.15) is 10.8 Å². The first kappa shape index (κ1) is 15.9. The average Bonchev–Trinajstić information content (AvgIpc) is 3.13. The van der Waals surface area contributed by atoms with Crippen LogP contribution in [0.1, 0.15) is 5.82 Å². The van der Waals surface area contributed by atoms with Crippen molar-refractivity contribution in [1.82, 2.24) is 14.5 Å². The lowest BCUT2D eigenvalue weighted by Gasteiger charge is -2.11. The van der Waals surface area contributed by atoms with Gasteiger partial charge in [-0.25, -0.2) is 9.97 Å². The van der Waals surface area contributed by atoms with E-state index in [0.717, 1.165) is 27.3 Å². The zero-order valence-electron chi connectivity index (χ0n) is 14.6. The smallest absolute Gasteiger partial charge is 0.265 e. The third-order valence-electron chi connectivity index (χ3n) is 4.61. The molecular formula is C22H15N3OS. The molecule has 0 bridgehead atoms. The van der Waals surface area contributed by atoms with Crippen molar-refractivity contribution in [2.75, 3.05) is 0 Å². The van der Waals surface area contributed by atoms with Gasteiger partial charge in [-0.15, -0.1) is 11.3 Å². The maximum atomic E-state index is 12.9. The lowest BCUT2D eigenvalue weighted by molar-refractivity contribution is 0.895. The molecule has 5 rings (SSSR count). The van der Waals surface area contributed by atoms with Crippen LogP contribution in [0.3, 0.4) is 0 Å². The van der Waals surface area contributed by atoms with Crippen molar-refractivity contribution >= 4 is 32.5 Å². The zero-order valence-corrected chi connectivity index (χ0v) is 15.4. The highest BCUT2D eigenvalue weighted by atomic mass is 32.1. The summed E-state index contributed by atoms with van der Waals surface area (Å²) in [5, 5.41) is 1.60. The molecule has 0 aliphatic heterocycles. The number of benzene rings is 3. The molecule has 0 fully saturated rings. The van der Waals surface area contributed by atoms with Crippen LogP contribution < -0.4 is 5.56 Å². The van der Waals surface area contributed by atoms with Crippen LogP contribution in [0.5, 0.6) is 0 Å². The van der Waals surface area contributed by atoms with Crippen LogP contribution in [0.25, 0.3) is 37.4 Å². The normalized spacial score (nSPS) is 11.3. The summed E-state index contributed by atoms with van der Waals surface area (Å²) in [6, 6.07) is 23.5. The van der Waals surface area contributed by atoms with Crippen molar-refractivity contribution in [3.8, 4) is 16.3 Å². The highest BCUT2D eigenvalue weighted by Crippen LogP contribution is 2.30. The molecule has 4 nitrogen and oxygen atoms in total. The van der Waals surface area contributed by atoms with E-state index in [-0.39, 0.29) is 5.56 Å². The van der Waals surface area contributed by atoms with Crippen LogP contribution in [0.15, 0.2) is 77.6 Å². The Morgan fingerprint density at radius 3 is 2.30 bits per heavy atom. The third-order valence-corrected chi connectivity index (χ3v) is 5.70. The van der Waals surface area contributed by atoms with E-state index in [0.29, 0.717) is 11.2 Å². The monoisotopic (exact) mass is 369 g/mol. The molecular weight excluding hydrogens is 354 g/mol. The van der Waals surface area contributed by atoms with Crippen molar-refractivity contribution in [2.45, 2.75) is 6.92 Å². The van der Waals surface area contributed by atoms with Gasteiger partial charge in [-0.1, -0.05) is 24.3 Å². The van der Waals surface area contributed by atoms with Gasteiger partial charge in [-0.2, -0.15) is 0 Å². The summed E-state index contributed by atoms with van der Waals surface area (Å²) in [6.07, 6.45) is 0. The molecule has 3 aromatic carbocycles. The topological polar surface area (TPSA) is 47.8 Å². The Morgan fingerprint density at radius 2 is 1.52 bits per heavy atom. The van der Waals surface area contributed by atoms with E-state index in [1.165, 1.54) is 4.70 Å². The van der Waals surface area contributed by atoms with E-state index in [4.69, 9.17) is 4.98 Å². The van der Waals surface area contributed by atoms with Crippen LogP contribution in [-0.2, 0) is 0 Å². The number of para-hydroxylation sites is 2. The summed E-state index contributed by atoms with van der Waals surface area (Å²) in [7, 11) is 0. The Morgan fingerprint density at radius 1 is 0.815 bits per heavy atom. The van der Waals surface area contributed by atoms with Crippen molar-refractivity contribution in [2.24, 2.45) is 0 Å². The molecule has 2 aromatic heterocycles. The number of rotatable bonds is 2. The summed E-state index contributed by atoms with van der Waals surface area (Å²) < 4.78 is 2.83. The fourth-order valence-electron chi connectivity index (χ4n) is 3.30. The first-order valence-corrected chi connectivity index (χ1v) is 9.47. The third kappa shape index (κ3) is 2.64. The minimum atomic E-state index is -0.0502. The average molecular weight is 369 g/mol. The molecule has 27 heavy (non-hydrogen) atoms. The summed E-state index contributed by atoms with van der Waals surface area (Å²) in [5.41, 5.74) is 3.53. The van der Waals surface area contributed by atoms with Gasteiger partial charge in [0.15, 0.2) is 0 Å². The molecule has 0 aliphatic carbocycles. The molecule has 0 spiro atoms. The lowest BCUT2D eigenvalue weighted by Crippen LogP contribution is -2.22. The van der Waals surface area contributed by atoms with Crippen LogP contribution in [0.2, 0.25) is 0 Å². The number of hydrogen-bond acceptors (Lipinski definition) is 4. The molecule has 130 valence electrons. The molecule has 0 unspecified atom stereocenters.